The van der Waals surface area contributed by atoms with Gasteiger partial charge in [0.1, 0.15) is 5.75 Å². The molecule has 1 N–H and O–H groups in total. The summed E-state index contributed by atoms with van der Waals surface area (Å²) in [6.45, 7) is 4.16. The molecule has 5 nitrogen and oxygen atoms in total. The van der Waals surface area contributed by atoms with Crippen LogP contribution in [-0.2, 0) is 4.79 Å². The predicted octanol–water partition coefficient (Wildman–Crippen LogP) is 3.18. The standard InChI is InChI=1S/C15H18N2O3S/c1-10(2)12-8-16-15(21-9-14(18)19)17(12)11-6-4-5-7-13(11)20-3/h4-8,10H,9H2,1-3H3,(H,18,19). The zero-order valence-corrected chi connectivity index (χ0v) is 13.1. The average molecular weight is 306 g/mol. The molecule has 21 heavy (non-hydrogen) atoms. The number of carboxylic acid groups (broad SMARTS) is 1. The molecule has 0 aliphatic carbocycles. The van der Waals surface area contributed by atoms with Gasteiger partial charge in [0.2, 0.25) is 0 Å². The Morgan fingerprint density at radius 1 is 1.43 bits per heavy atom. The quantitative estimate of drug-likeness (QED) is 0.830. The molecule has 0 spiro atoms. The number of thioether (sulfide) groups is 1. The van der Waals surface area contributed by atoms with Crippen molar-refractivity contribution in [3.63, 3.8) is 0 Å². The third-order valence-electron chi connectivity index (χ3n) is 3.00. The number of benzene rings is 1. The molecule has 2 rings (SSSR count). The highest BCUT2D eigenvalue weighted by atomic mass is 32.2. The molecular weight excluding hydrogens is 288 g/mol. The second-order valence-electron chi connectivity index (χ2n) is 4.81. The summed E-state index contributed by atoms with van der Waals surface area (Å²) in [5.41, 5.74) is 1.89. The number of carboxylic acids is 1. The number of ether oxygens (including phenoxy) is 1. The van der Waals surface area contributed by atoms with Crippen molar-refractivity contribution in [3.8, 4) is 11.4 Å². The molecule has 0 aliphatic rings. The Kier molecular flexibility index (Phi) is 4.90. The number of aliphatic carboxylic acids is 1. The number of nitrogens with zero attached hydrogens (tertiary/aromatic N) is 2. The molecule has 0 aliphatic heterocycles. The predicted molar refractivity (Wildman–Crippen MR) is 82.6 cm³/mol. The molecule has 1 aromatic carbocycles. The summed E-state index contributed by atoms with van der Waals surface area (Å²) in [6, 6.07) is 7.65. The lowest BCUT2D eigenvalue weighted by atomic mass is 10.1. The molecule has 1 aromatic heterocycles. The van der Waals surface area contributed by atoms with Crippen LogP contribution in [0.1, 0.15) is 25.5 Å². The topological polar surface area (TPSA) is 64.4 Å². The van der Waals surface area contributed by atoms with Gasteiger partial charge in [0.15, 0.2) is 5.16 Å². The van der Waals surface area contributed by atoms with Gasteiger partial charge in [-0.2, -0.15) is 0 Å². The Labute approximate surface area is 128 Å². The summed E-state index contributed by atoms with van der Waals surface area (Å²) in [6.07, 6.45) is 1.79. The van der Waals surface area contributed by atoms with Crippen LogP contribution in [0.15, 0.2) is 35.6 Å². The molecule has 0 saturated heterocycles. The van der Waals surface area contributed by atoms with Gasteiger partial charge in [-0.1, -0.05) is 37.7 Å². The lowest BCUT2D eigenvalue weighted by Crippen LogP contribution is -2.06. The van der Waals surface area contributed by atoms with Crippen molar-refractivity contribution < 1.29 is 14.6 Å². The summed E-state index contributed by atoms with van der Waals surface area (Å²) in [5.74, 6) is 0.112. The first-order valence-electron chi connectivity index (χ1n) is 6.60. The largest absolute Gasteiger partial charge is 0.495 e. The van der Waals surface area contributed by atoms with Crippen LogP contribution in [0.4, 0.5) is 0 Å². The summed E-state index contributed by atoms with van der Waals surface area (Å²) < 4.78 is 7.38. The van der Waals surface area contributed by atoms with E-state index in [0.29, 0.717) is 5.16 Å². The maximum Gasteiger partial charge on any atom is 0.313 e. The number of aromatic nitrogens is 2. The van der Waals surface area contributed by atoms with Gasteiger partial charge in [-0.05, 0) is 18.1 Å². The van der Waals surface area contributed by atoms with E-state index in [1.807, 2.05) is 28.8 Å². The Morgan fingerprint density at radius 2 is 2.14 bits per heavy atom. The van der Waals surface area contributed by atoms with Crippen LogP contribution in [0.5, 0.6) is 5.75 Å². The van der Waals surface area contributed by atoms with E-state index in [0.717, 1.165) is 17.1 Å². The number of rotatable bonds is 6. The Morgan fingerprint density at radius 3 is 2.76 bits per heavy atom. The van der Waals surface area contributed by atoms with Crippen molar-refractivity contribution in [3.05, 3.63) is 36.2 Å². The molecule has 6 heteroatoms. The molecule has 0 saturated carbocycles. The molecule has 112 valence electrons. The van der Waals surface area contributed by atoms with Crippen molar-refractivity contribution in [1.29, 1.82) is 0 Å². The van der Waals surface area contributed by atoms with Crippen molar-refractivity contribution in [1.82, 2.24) is 9.55 Å². The fourth-order valence-electron chi connectivity index (χ4n) is 2.04. The molecule has 0 bridgehead atoms. The summed E-state index contributed by atoms with van der Waals surface area (Å²) >= 11 is 1.20. The highest BCUT2D eigenvalue weighted by molar-refractivity contribution is 7.99. The van der Waals surface area contributed by atoms with Gasteiger partial charge in [-0.3, -0.25) is 9.36 Å². The maximum absolute atomic E-state index is 10.8. The Hall–Kier alpha value is -1.95. The van der Waals surface area contributed by atoms with E-state index >= 15 is 0 Å². The van der Waals surface area contributed by atoms with Crippen LogP contribution in [-0.4, -0.2) is 33.5 Å². The SMILES string of the molecule is COc1ccccc1-n1c(C(C)C)cnc1SCC(=O)O. The minimum Gasteiger partial charge on any atom is -0.495 e. The fraction of sp³-hybridized carbons (Fsp3) is 0.333. The lowest BCUT2D eigenvalue weighted by Gasteiger charge is -2.16. The van der Waals surface area contributed by atoms with E-state index in [1.54, 1.807) is 13.3 Å². The Balaban J connectivity index is 2.53. The molecular formula is C15H18N2O3S. The molecule has 2 aromatic rings. The first kappa shape index (κ1) is 15.4. The zero-order valence-electron chi connectivity index (χ0n) is 12.2. The smallest absolute Gasteiger partial charge is 0.313 e. The number of imidazole rings is 1. The van der Waals surface area contributed by atoms with Gasteiger partial charge in [0.25, 0.3) is 0 Å². The van der Waals surface area contributed by atoms with E-state index in [2.05, 4.69) is 18.8 Å². The maximum atomic E-state index is 10.8. The van der Waals surface area contributed by atoms with E-state index < -0.39 is 5.97 Å². The first-order chi connectivity index (χ1) is 10.0. The van der Waals surface area contributed by atoms with Crippen molar-refractivity contribution in [2.45, 2.75) is 24.9 Å². The first-order valence-corrected chi connectivity index (χ1v) is 7.58. The van der Waals surface area contributed by atoms with Gasteiger partial charge < -0.3 is 9.84 Å². The van der Waals surface area contributed by atoms with Crippen molar-refractivity contribution >= 4 is 17.7 Å². The third kappa shape index (κ3) is 3.39. The van der Waals surface area contributed by atoms with Crippen molar-refractivity contribution in [2.75, 3.05) is 12.9 Å². The second kappa shape index (κ2) is 6.67. The van der Waals surface area contributed by atoms with E-state index in [4.69, 9.17) is 9.84 Å². The summed E-state index contributed by atoms with van der Waals surface area (Å²) in [7, 11) is 1.62. The van der Waals surface area contributed by atoms with Gasteiger partial charge in [0, 0.05) is 5.69 Å². The number of methoxy groups -OCH3 is 1. The van der Waals surface area contributed by atoms with Crippen LogP contribution in [0, 0.1) is 0 Å². The highest BCUT2D eigenvalue weighted by Gasteiger charge is 2.18. The minimum absolute atomic E-state index is 0.0241. The number of hydrogen-bond donors (Lipinski definition) is 1. The van der Waals surface area contributed by atoms with Crippen LogP contribution < -0.4 is 4.74 Å². The van der Waals surface area contributed by atoms with Gasteiger partial charge in [-0.25, -0.2) is 4.98 Å². The van der Waals surface area contributed by atoms with Crippen LogP contribution in [0.2, 0.25) is 0 Å². The van der Waals surface area contributed by atoms with Crippen LogP contribution >= 0.6 is 11.8 Å². The van der Waals surface area contributed by atoms with E-state index in [-0.39, 0.29) is 11.7 Å². The summed E-state index contributed by atoms with van der Waals surface area (Å²) in [5, 5.41) is 9.53. The molecule has 0 fully saturated rings. The minimum atomic E-state index is -0.860. The molecule has 0 amide bonds. The fourth-order valence-corrected chi connectivity index (χ4v) is 2.75. The van der Waals surface area contributed by atoms with Crippen LogP contribution in [0.25, 0.3) is 5.69 Å². The average Bonchev–Trinajstić information content (AvgIpc) is 2.88. The summed E-state index contributed by atoms with van der Waals surface area (Å²) in [4.78, 5) is 15.2. The number of para-hydroxylation sites is 2. The zero-order chi connectivity index (χ0) is 15.4. The molecule has 0 radical (unpaired) electrons. The third-order valence-corrected chi connectivity index (χ3v) is 3.94. The molecule has 1 heterocycles. The van der Waals surface area contributed by atoms with Crippen LogP contribution in [0.3, 0.4) is 0 Å². The number of carbonyl (C=O) groups is 1. The Bertz CT molecular complexity index is 638. The lowest BCUT2D eigenvalue weighted by molar-refractivity contribution is -0.133. The van der Waals surface area contributed by atoms with Gasteiger partial charge in [-0.15, -0.1) is 0 Å². The van der Waals surface area contributed by atoms with Gasteiger partial charge >= 0.3 is 5.97 Å². The molecule has 0 unspecified atom stereocenters. The number of hydrogen-bond acceptors (Lipinski definition) is 4. The van der Waals surface area contributed by atoms with E-state index in [1.165, 1.54) is 11.8 Å². The highest BCUT2D eigenvalue weighted by Crippen LogP contribution is 2.31. The monoisotopic (exact) mass is 306 g/mol. The van der Waals surface area contributed by atoms with Crippen molar-refractivity contribution in [2.24, 2.45) is 0 Å². The van der Waals surface area contributed by atoms with E-state index in [9.17, 15) is 4.79 Å². The van der Waals surface area contributed by atoms with Gasteiger partial charge in [0.05, 0.1) is 24.7 Å². The molecule has 0 atom stereocenters. The second-order valence-corrected chi connectivity index (χ2v) is 5.75. The normalized spacial score (nSPS) is 10.9.